The van der Waals surface area contributed by atoms with Crippen molar-refractivity contribution in [1.82, 2.24) is 9.58 Å². The molecule has 3 heterocycles. The number of aromatic nitrogens is 2. The lowest BCUT2D eigenvalue weighted by atomic mass is 10.1. The normalized spacial score (nSPS) is 13.8. The third-order valence-electron chi connectivity index (χ3n) is 6.60. The Balaban J connectivity index is 0.00000308. The van der Waals surface area contributed by atoms with Crippen molar-refractivity contribution in [1.29, 1.82) is 0 Å². The van der Waals surface area contributed by atoms with E-state index in [0.717, 1.165) is 28.0 Å². The van der Waals surface area contributed by atoms with Gasteiger partial charge in [-0.15, -0.1) is 0 Å². The van der Waals surface area contributed by atoms with E-state index in [1.54, 1.807) is 4.57 Å². The van der Waals surface area contributed by atoms with Crippen LogP contribution in [0.2, 0.25) is 0 Å². The average Bonchev–Trinajstić information content (AvgIpc) is 2.96. The van der Waals surface area contributed by atoms with Crippen LogP contribution in [0.15, 0.2) is 132 Å². The first-order valence-electron chi connectivity index (χ1n) is 12.5. The minimum absolute atomic E-state index is 0. The Kier molecular flexibility index (Phi) is 7.51. The lowest BCUT2D eigenvalue weighted by molar-refractivity contribution is -0.671. The minimum atomic E-state index is -0.129. The summed E-state index contributed by atoms with van der Waals surface area (Å²) in [5, 5.41) is 5.52. The van der Waals surface area contributed by atoms with E-state index in [1.807, 2.05) is 139 Å². The van der Waals surface area contributed by atoms with Crippen molar-refractivity contribution in [3.8, 4) is 11.6 Å². The predicted octanol–water partition coefficient (Wildman–Crippen LogP) is 2.75. The number of hydrogen-bond donors (Lipinski definition) is 0. The molecule has 1 aliphatic rings. The van der Waals surface area contributed by atoms with E-state index < -0.39 is 0 Å². The number of para-hydroxylation sites is 2. The summed E-state index contributed by atoms with van der Waals surface area (Å²) < 4.78 is 10.2. The maximum absolute atomic E-state index is 13.9. The van der Waals surface area contributed by atoms with Gasteiger partial charge in [0.2, 0.25) is 11.8 Å². The molecule has 1 aliphatic heterocycles. The summed E-state index contributed by atoms with van der Waals surface area (Å²) in [5.41, 5.74) is 3.44. The van der Waals surface area contributed by atoms with Gasteiger partial charge in [0.05, 0.1) is 11.4 Å². The van der Waals surface area contributed by atoms with Gasteiger partial charge in [-0.1, -0.05) is 66.7 Å². The number of ether oxygens (including phenoxy) is 1. The van der Waals surface area contributed by atoms with Crippen molar-refractivity contribution >= 4 is 28.2 Å². The highest BCUT2D eigenvalue weighted by Crippen LogP contribution is 2.45. The number of fused-ring (bicyclic) bond motifs is 3. The Labute approximate surface area is 244 Å². The molecule has 2 aromatic heterocycles. The van der Waals surface area contributed by atoms with Crippen molar-refractivity contribution in [2.24, 2.45) is 7.05 Å². The number of hydrogen-bond acceptors (Lipinski definition) is 4. The zero-order chi connectivity index (χ0) is 26.1. The molecular weight excluding hydrogens is 599 g/mol. The van der Waals surface area contributed by atoms with Crippen molar-refractivity contribution in [3.63, 3.8) is 0 Å². The first-order valence-corrected chi connectivity index (χ1v) is 12.5. The van der Waals surface area contributed by atoms with Crippen molar-refractivity contribution in [2.75, 3.05) is 12.1 Å². The van der Waals surface area contributed by atoms with Gasteiger partial charge < -0.3 is 28.7 Å². The van der Waals surface area contributed by atoms with Gasteiger partial charge in [-0.25, -0.2) is 14.1 Å². The van der Waals surface area contributed by atoms with Gasteiger partial charge in [-0.05, 0) is 35.9 Å². The number of benzene rings is 3. The molecule has 39 heavy (non-hydrogen) atoms. The number of nitrogens with zero attached hydrogens (tertiary/aromatic N) is 4. The van der Waals surface area contributed by atoms with Gasteiger partial charge in [0.25, 0.3) is 5.56 Å². The molecule has 3 aromatic carbocycles. The van der Waals surface area contributed by atoms with Crippen molar-refractivity contribution < 1.29 is 33.3 Å². The first kappa shape index (κ1) is 26.2. The molecule has 0 aliphatic carbocycles. The summed E-state index contributed by atoms with van der Waals surface area (Å²) in [6.07, 6.45) is 9.92. The van der Waals surface area contributed by atoms with Crippen LogP contribution in [-0.2, 0) is 7.05 Å². The third-order valence-corrected chi connectivity index (χ3v) is 6.60. The van der Waals surface area contributed by atoms with Crippen LogP contribution in [0.3, 0.4) is 0 Å². The molecule has 0 bridgehead atoms. The largest absolute Gasteiger partial charge is 1.00 e. The summed E-state index contributed by atoms with van der Waals surface area (Å²) >= 11 is 0. The number of rotatable bonds is 4. The Morgan fingerprint density at radius 2 is 1.36 bits per heavy atom. The lowest BCUT2D eigenvalue weighted by Gasteiger charge is -2.41. The van der Waals surface area contributed by atoms with Crippen LogP contribution in [-0.4, -0.2) is 16.6 Å². The molecule has 194 valence electrons. The number of anilines is 2. The standard InChI is InChI=1S/C32H27N4O2.HI/c1-33-22-20-24(21-23-33)12-11-19-29-34(2)36(26-15-7-4-8-16-26)30-27-17-9-10-18-28(27)31(37)35(32(30)38-29)25-13-5-3-6-14-25;/h3-23H,1-2H3;1H/q+1;/p-1. The monoisotopic (exact) mass is 626 g/mol. The van der Waals surface area contributed by atoms with E-state index in [2.05, 4.69) is 17.1 Å². The topological polar surface area (TPSA) is 41.6 Å². The molecule has 0 atom stereocenters. The van der Waals surface area contributed by atoms with E-state index in [-0.39, 0.29) is 29.5 Å². The van der Waals surface area contributed by atoms with Gasteiger partial charge in [0.1, 0.15) is 12.7 Å². The zero-order valence-electron chi connectivity index (χ0n) is 21.6. The Bertz CT molecular complexity index is 1730. The summed E-state index contributed by atoms with van der Waals surface area (Å²) in [6, 6.07) is 31.5. The Morgan fingerprint density at radius 1 is 0.769 bits per heavy atom. The fourth-order valence-corrected chi connectivity index (χ4v) is 4.71. The Morgan fingerprint density at radius 3 is 2.03 bits per heavy atom. The van der Waals surface area contributed by atoms with Crippen molar-refractivity contribution in [3.05, 3.63) is 143 Å². The molecular formula is C32H27IN4O2. The zero-order valence-corrected chi connectivity index (χ0v) is 23.8. The van der Waals surface area contributed by atoms with E-state index in [4.69, 9.17) is 4.74 Å². The summed E-state index contributed by atoms with van der Waals surface area (Å²) in [4.78, 5) is 13.9. The molecule has 0 amide bonds. The number of allylic oxidation sites excluding steroid dienone is 2. The molecule has 0 fully saturated rings. The van der Waals surface area contributed by atoms with Crippen LogP contribution in [0.5, 0.6) is 5.88 Å². The van der Waals surface area contributed by atoms with Crippen LogP contribution in [0.4, 0.5) is 11.4 Å². The number of hydrazine groups is 1. The quantitative estimate of drug-likeness (QED) is 0.228. The molecule has 0 radical (unpaired) electrons. The fraction of sp³-hybridized carbons (Fsp3) is 0.0625. The van der Waals surface area contributed by atoms with E-state index in [1.165, 1.54) is 0 Å². The van der Waals surface area contributed by atoms with Crippen LogP contribution in [0, 0.1) is 0 Å². The van der Waals surface area contributed by atoms with Gasteiger partial charge in [0.15, 0.2) is 12.4 Å². The second kappa shape index (κ2) is 11.2. The summed E-state index contributed by atoms with van der Waals surface area (Å²) in [6.45, 7) is 0. The van der Waals surface area contributed by atoms with Gasteiger partial charge in [0, 0.05) is 36.0 Å². The average molecular weight is 626 g/mol. The molecule has 5 aromatic rings. The van der Waals surface area contributed by atoms with Crippen molar-refractivity contribution in [2.45, 2.75) is 0 Å². The molecule has 0 saturated heterocycles. The summed E-state index contributed by atoms with van der Waals surface area (Å²) in [7, 11) is 3.96. The number of halogens is 1. The highest BCUT2D eigenvalue weighted by atomic mass is 127. The third kappa shape index (κ3) is 4.93. The van der Waals surface area contributed by atoms with Crippen LogP contribution in [0.1, 0.15) is 5.56 Å². The highest BCUT2D eigenvalue weighted by Gasteiger charge is 2.33. The second-order valence-corrected chi connectivity index (χ2v) is 9.11. The maximum Gasteiger partial charge on any atom is 0.265 e. The minimum Gasteiger partial charge on any atom is -1.00 e. The number of aryl methyl sites for hydroxylation is 1. The smallest absolute Gasteiger partial charge is 0.265 e. The highest BCUT2D eigenvalue weighted by molar-refractivity contribution is 5.98. The molecule has 6 nitrogen and oxygen atoms in total. The van der Waals surface area contributed by atoms with Gasteiger partial charge >= 0.3 is 0 Å². The molecule has 0 N–H and O–H groups in total. The van der Waals surface area contributed by atoms with E-state index in [9.17, 15) is 4.79 Å². The molecule has 7 heteroatoms. The first-order chi connectivity index (χ1) is 18.6. The fourth-order valence-electron chi connectivity index (χ4n) is 4.71. The summed E-state index contributed by atoms with van der Waals surface area (Å²) in [5.74, 6) is 1.05. The van der Waals surface area contributed by atoms with E-state index >= 15 is 0 Å². The van der Waals surface area contributed by atoms with Crippen LogP contribution in [0.25, 0.3) is 22.5 Å². The van der Waals surface area contributed by atoms with Gasteiger partial charge in [-0.3, -0.25) is 9.80 Å². The molecule has 0 saturated carbocycles. The lowest BCUT2D eigenvalue weighted by Crippen LogP contribution is -3.00. The second-order valence-electron chi connectivity index (χ2n) is 9.11. The Hall–Kier alpha value is -4.37. The molecule has 6 rings (SSSR count). The molecule has 0 unspecified atom stereocenters. The number of pyridine rings is 2. The molecule has 0 spiro atoms. The van der Waals surface area contributed by atoms with Gasteiger partial charge in [-0.2, -0.15) is 0 Å². The predicted molar refractivity (Wildman–Crippen MR) is 151 cm³/mol. The van der Waals surface area contributed by atoms with E-state index in [0.29, 0.717) is 17.1 Å². The SMILES string of the molecule is CN1/C(=C\C=C\c2cc[n+](C)cc2)Oc2c(c3ccccc3c(=O)n2-c2ccccc2)N1c1ccccc1.[I-]. The van der Waals surface area contributed by atoms with Crippen LogP contribution >= 0.6 is 0 Å². The van der Waals surface area contributed by atoms with Crippen LogP contribution < -0.4 is 43.8 Å². The maximum atomic E-state index is 13.9.